The van der Waals surface area contributed by atoms with Crippen LogP contribution in [0, 0.1) is 5.82 Å². The van der Waals surface area contributed by atoms with E-state index in [2.05, 4.69) is 10.6 Å². The molecule has 0 atom stereocenters. The van der Waals surface area contributed by atoms with E-state index in [-0.39, 0.29) is 17.3 Å². The summed E-state index contributed by atoms with van der Waals surface area (Å²) >= 11 is 0. The van der Waals surface area contributed by atoms with Gasteiger partial charge in [-0.25, -0.2) is 9.18 Å². The standard InChI is InChI=1S/C14H19FN2O2/c1-19-9-8-16-13(18)17-10-14(6-7-14)11-2-4-12(15)5-3-11/h2-5H,6-10H2,1H3,(H2,16,17,18). The van der Waals surface area contributed by atoms with E-state index >= 15 is 0 Å². The second kappa shape index (κ2) is 6.02. The zero-order chi connectivity index (χ0) is 13.7. The van der Waals surface area contributed by atoms with Gasteiger partial charge in [0.2, 0.25) is 0 Å². The highest BCUT2D eigenvalue weighted by atomic mass is 19.1. The fraction of sp³-hybridized carbons (Fsp3) is 0.500. The second-order valence-corrected chi connectivity index (χ2v) is 4.89. The van der Waals surface area contributed by atoms with Gasteiger partial charge >= 0.3 is 6.03 Å². The molecule has 2 N–H and O–H groups in total. The molecule has 19 heavy (non-hydrogen) atoms. The summed E-state index contributed by atoms with van der Waals surface area (Å²) in [5.41, 5.74) is 1.08. The van der Waals surface area contributed by atoms with Crippen LogP contribution in [0.5, 0.6) is 0 Å². The number of ether oxygens (including phenoxy) is 1. The molecule has 0 aliphatic heterocycles. The molecular formula is C14H19FN2O2. The number of carbonyl (C=O) groups is 1. The quantitative estimate of drug-likeness (QED) is 0.771. The Bertz CT molecular complexity index is 430. The fourth-order valence-corrected chi connectivity index (χ4v) is 2.10. The van der Waals surface area contributed by atoms with Gasteiger partial charge in [0.15, 0.2) is 0 Å². The number of benzene rings is 1. The molecular weight excluding hydrogens is 247 g/mol. The minimum Gasteiger partial charge on any atom is -0.383 e. The number of urea groups is 1. The van der Waals surface area contributed by atoms with E-state index in [0.29, 0.717) is 19.7 Å². The molecule has 1 aromatic carbocycles. The van der Waals surface area contributed by atoms with Gasteiger partial charge < -0.3 is 15.4 Å². The van der Waals surface area contributed by atoms with Gasteiger partial charge in [0.1, 0.15) is 5.82 Å². The molecule has 0 bridgehead atoms. The van der Waals surface area contributed by atoms with Crippen LogP contribution in [0.1, 0.15) is 18.4 Å². The van der Waals surface area contributed by atoms with E-state index < -0.39 is 0 Å². The highest BCUT2D eigenvalue weighted by Crippen LogP contribution is 2.47. The fourth-order valence-electron chi connectivity index (χ4n) is 2.10. The summed E-state index contributed by atoms with van der Waals surface area (Å²) < 4.78 is 17.7. The van der Waals surface area contributed by atoms with Gasteiger partial charge in [-0.2, -0.15) is 0 Å². The van der Waals surface area contributed by atoms with E-state index in [9.17, 15) is 9.18 Å². The molecule has 0 unspecified atom stereocenters. The van der Waals surface area contributed by atoms with E-state index in [1.54, 1.807) is 19.2 Å². The minimum atomic E-state index is -0.232. The van der Waals surface area contributed by atoms with Crippen molar-refractivity contribution in [2.45, 2.75) is 18.3 Å². The molecule has 1 aromatic rings. The van der Waals surface area contributed by atoms with Gasteiger partial charge in [-0.15, -0.1) is 0 Å². The van der Waals surface area contributed by atoms with E-state index in [1.807, 2.05) is 0 Å². The Morgan fingerprint density at radius 1 is 1.32 bits per heavy atom. The normalized spacial score (nSPS) is 15.9. The third-order valence-electron chi connectivity index (χ3n) is 3.49. The molecule has 0 aromatic heterocycles. The molecule has 0 saturated heterocycles. The molecule has 0 radical (unpaired) electrons. The van der Waals surface area contributed by atoms with Gasteiger partial charge in [0.05, 0.1) is 6.61 Å². The highest BCUT2D eigenvalue weighted by molar-refractivity contribution is 5.74. The third kappa shape index (κ3) is 3.67. The summed E-state index contributed by atoms with van der Waals surface area (Å²) in [5, 5.41) is 5.57. The number of halogens is 1. The maximum atomic E-state index is 12.9. The maximum Gasteiger partial charge on any atom is 0.314 e. The van der Waals surface area contributed by atoms with Crippen molar-refractivity contribution in [3.63, 3.8) is 0 Å². The molecule has 104 valence electrons. The topological polar surface area (TPSA) is 50.4 Å². The van der Waals surface area contributed by atoms with Crippen LogP contribution in [0.4, 0.5) is 9.18 Å². The number of methoxy groups -OCH3 is 1. The third-order valence-corrected chi connectivity index (χ3v) is 3.49. The average molecular weight is 266 g/mol. The first kappa shape index (κ1) is 13.8. The summed E-state index contributed by atoms with van der Waals surface area (Å²) in [4.78, 5) is 11.5. The van der Waals surface area contributed by atoms with Crippen LogP contribution >= 0.6 is 0 Å². The number of amides is 2. The van der Waals surface area contributed by atoms with E-state index in [4.69, 9.17) is 4.74 Å². The lowest BCUT2D eigenvalue weighted by Crippen LogP contribution is -2.41. The SMILES string of the molecule is COCCNC(=O)NCC1(c2ccc(F)cc2)CC1. The Kier molecular flexibility index (Phi) is 4.37. The molecule has 1 saturated carbocycles. The van der Waals surface area contributed by atoms with Gasteiger partial charge in [0, 0.05) is 25.6 Å². The van der Waals surface area contributed by atoms with Crippen LogP contribution in [-0.4, -0.2) is 32.8 Å². The van der Waals surface area contributed by atoms with Crippen LogP contribution in [-0.2, 0) is 10.2 Å². The predicted octanol–water partition coefficient (Wildman–Crippen LogP) is 1.80. The molecule has 1 fully saturated rings. The van der Waals surface area contributed by atoms with Crippen molar-refractivity contribution in [1.82, 2.24) is 10.6 Å². The Morgan fingerprint density at radius 2 is 2.00 bits per heavy atom. The summed E-state index contributed by atoms with van der Waals surface area (Å²) in [6.45, 7) is 1.57. The Labute approximate surface area is 112 Å². The first-order valence-corrected chi connectivity index (χ1v) is 6.43. The number of nitrogens with one attached hydrogen (secondary N) is 2. The van der Waals surface area contributed by atoms with Crippen LogP contribution in [0.25, 0.3) is 0 Å². The van der Waals surface area contributed by atoms with Crippen molar-refractivity contribution < 1.29 is 13.9 Å². The average Bonchev–Trinajstić information content (AvgIpc) is 3.19. The van der Waals surface area contributed by atoms with Crippen molar-refractivity contribution >= 4 is 6.03 Å². The zero-order valence-corrected chi connectivity index (χ0v) is 11.0. The maximum absolute atomic E-state index is 12.9. The van der Waals surface area contributed by atoms with Crippen molar-refractivity contribution in [1.29, 1.82) is 0 Å². The monoisotopic (exact) mass is 266 g/mol. The lowest BCUT2D eigenvalue weighted by Gasteiger charge is -2.17. The summed E-state index contributed by atoms with van der Waals surface area (Å²) in [5.74, 6) is -0.232. The number of hydrogen-bond acceptors (Lipinski definition) is 2. The molecule has 2 amide bonds. The Balaban J connectivity index is 1.82. The smallest absolute Gasteiger partial charge is 0.314 e. The van der Waals surface area contributed by atoms with Gasteiger partial charge in [-0.05, 0) is 30.5 Å². The molecule has 1 aliphatic rings. The Morgan fingerprint density at radius 3 is 2.58 bits per heavy atom. The summed E-state index contributed by atoms with van der Waals surface area (Å²) in [7, 11) is 1.59. The highest BCUT2D eigenvalue weighted by Gasteiger charge is 2.44. The molecule has 5 heteroatoms. The lowest BCUT2D eigenvalue weighted by molar-refractivity contribution is 0.195. The lowest BCUT2D eigenvalue weighted by atomic mass is 9.96. The van der Waals surface area contributed by atoms with Crippen LogP contribution in [0.3, 0.4) is 0 Å². The van der Waals surface area contributed by atoms with E-state index in [0.717, 1.165) is 18.4 Å². The van der Waals surface area contributed by atoms with E-state index in [1.165, 1.54) is 12.1 Å². The number of carbonyl (C=O) groups excluding carboxylic acids is 1. The van der Waals surface area contributed by atoms with Crippen LogP contribution in [0.15, 0.2) is 24.3 Å². The summed E-state index contributed by atoms with van der Waals surface area (Å²) in [6.07, 6.45) is 2.05. The van der Waals surface area contributed by atoms with Crippen molar-refractivity contribution in [2.24, 2.45) is 0 Å². The van der Waals surface area contributed by atoms with Crippen molar-refractivity contribution in [2.75, 3.05) is 26.8 Å². The second-order valence-electron chi connectivity index (χ2n) is 4.89. The summed E-state index contributed by atoms with van der Waals surface area (Å²) in [6, 6.07) is 6.34. The molecule has 0 heterocycles. The first-order chi connectivity index (χ1) is 9.16. The zero-order valence-electron chi connectivity index (χ0n) is 11.0. The largest absolute Gasteiger partial charge is 0.383 e. The minimum absolute atomic E-state index is 0.00764. The van der Waals surface area contributed by atoms with Gasteiger partial charge in [-0.1, -0.05) is 12.1 Å². The number of rotatable bonds is 6. The Hall–Kier alpha value is -1.62. The van der Waals surface area contributed by atoms with Crippen LogP contribution < -0.4 is 10.6 Å². The molecule has 1 aliphatic carbocycles. The molecule has 2 rings (SSSR count). The van der Waals surface area contributed by atoms with Crippen molar-refractivity contribution in [3.05, 3.63) is 35.6 Å². The number of hydrogen-bond donors (Lipinski definition) is 2. The van der Waals surface area contributed by atoms with Crippen molar-refractivity contribution in [3.8, 4) is 0 Å². The van der Waals surface area contributed by atoms with Crippen LogP contribution in [0.2, 0.25) is 0 Å². The molecule has 4 nitrogen and oxygen atoms in total. The molecule has 0 spiro atoms. The van der Waals surface area contributed by atoms with Gasteiger partial charge in [0.25, 0.3) is 0 Å². The first-order valence-electron chi connectivity index (χ1n) is 6.43. The predicted molar refractivity (Wildman–Crippen MR) is 70.6 cm³/mol. The van der Waals surface area contributed by atoms with Gasteiger partial charge in [-0.3, -0.25) is 0 Å².